The lowest BCUT2D eigenvalue weighted by Gasteiger charge is -2.44. The summed E-state index contributed by atoms with van der Waals surface area (Å²) in [5.74, 6) is -1.14. The molecule has 0 amide bonds. The first-order chi connectivity index (χ1) is 13.1. The maximum atomic E-state index is 11.8. The standard InChI is InChI=1S/C24H32O3Si/c1-7-19(24(5,6)22(25)26)18-27-28(23(2,3)4,20-14-10-8-11-15-20)21-16-12-9-13-17-21/h7-17,19H,1,18H2,2-6H3,(H,25,26). The van der Waals surface area contributed by atoms with Crippen LogP contribution in [0.5, 0.6) is 0 Å². The molecule has 0 spiro atoms. The molecule has 0 aliphatic carbocycles. The molecule has 0 aliphatic heterocycles. The van der Waals surface area contributed by atoms with Gasteiger partial charge in [0.25, 0.3) is 8.32 Å². The molecule has 0 aromatic heterocycles. The van der Waals surface area contributed by atoms with Gasteiger partial charge in [-0.3, -0.25) is 4.79 Å². The molecule has 0 saturated heterocycles. The van der Waals surface area contributed by atoms with Gasteiger partial charge in [-0.1, -0.05) is 87.5 Å². The van der Waals surface area contributed by atoms with Crippen LogP contribution in [0.4, 0.5) is 0 Å². The second kappa shape index (κ2) is 8.46. The fourth-order valence-electron chi connectivity index (χ4n) is 3.71. The van der Waals surface area contributed by atoms with E-state index in [4.69, 9.17) is 4.43 Å². The first-order valence-corrected chi connectivity index (χ1v) is 11.6. The van der Waals surface area contributed by atoms with Crippen molar-refractivity contribution in [3.8, 4) is 0 Å². The summed E-state index contributed by atoms with van der Waals surface area (Å²) in [5.41, 5.74) is -0.951. The third-order valence-corrected chi connectivity index (χ3v) is 10.7. The van der Waals surface area contributed by atoms with Crippen molar-refractivity contribution >= 4 is 24.7 Å². The highest BCUT2D eigenvalue weighted by molar-refractivity contribution is 6.99. The molecule has 28 heavy (non-hydrogen) atoms. The number of benzene rings is 2. The van der Waals surface area contributed by atoms with E-state index in [1.54, 1.807) is 19.9 Å². The van der Waals surface area contributed by atoms with Crippen LogP contribution >= 0.6 is 0 Å². The van der Waals surface area contributed by atoms with E-state index < -0.39 is 19.7 Å². The van der Waals surface area contributed by atoms with Gasteiger partial charge in [-0.15, -0.1) is 6.58 Å². The third-order valence-electron chi connectivity index (χ3n) is 5.66. The normalized spacial score (nSPS) is 13.8. The van der Waals surface area contributed by atoms with Gasteiger partial charge in [-0.05, 0) is 29.3 Å². The summed E-state index contributed by atoms with van der Waals surface area (Å²) < 4.78 is 6.86. The fraction of sp³-hybridized carbons (Fsp3) is 0.375. The number of aliphatic carboxylic acids is 1. The Hall–Kier alpha value is -2.17. The van der Waals surface area contributed by atoms with E-state index in [0.29, 0.717) is 6.61 Å². The van der Waals surface area contributed by atoms with Gasteiger partial charge in [0.15, 0.2) is 0 Å². The van der Waals surface area contributed by atoms with E-state index in [-0.39, 0.29) is 11.0 Å². The van der Waals surface area contributed by atoms with Gasteiger partial charge < -0.3 is 9.53 Å². The van der Waals surface area contributed by atoms with Crippen molar-refractivity contribution in [2.45, 2.75) is 39.7 Å². The predicted octanol–water partition coefficient (Wildman–Crippen LogP) is 4.48. The fourth-order valence-corrected chi connectivity index (χ4v) is 8.29. The van der Waals surface area contributed by atoms with Crippen LogP contribution in [0.1, 0.15) is 34.6 Å². The van der Waals surface area contributed by atoms with Gasteiger partial charge in [-0.25, -0.2) is 0 Å². The molecule has 0 bridgehead atoms. The van der Waals surface area contributed by atoms with Crippen LogP contribution < -0.4 is 10.4 Å². The summed E-state index contributed by atoms with van der Waals surface area (Å²) in [4.78, 5) is 11.8. The average molecular weight is 397 g/mol. The molecule has 0 radical (unpaired) electrons. The van der Waals surface area contributed by atoms with E-state index >= 15 is 0 Å². The van der Waals surface area contributed by atoms with Crippen molar-refractivity contribution in [1.82, 2.24) is 0 Å². The third kappa shape index (κ3) is 4.13. The van der Waals surface area contributed by atoms with Crippen LogP contribution in [-0.2, 0) is 9.22 Å². The molecule has 0 aliphatic rings. The number of rotatable bonds is 8. The van der Waals surface area contributed by atoms with E-state index in [1.165, 1.54) is 10.4 Å². The van der Waals surface area contributed by atoms with Gasteiger partial charge >= 0.3 is 5.97 Å². The molecule has 2 aromatic rings. The van der Waals surface area contributed by atoms with Crippen molar-refractivity contribution in [3.63, 3.8) is 0 Å². The number of carboxylic acid groups (broad SMARTS) is 1. The summed E-state index contributed by atoms with van der Waals surface area (Å²) in [7, 11) is -2.68. The zero-order chi connectivity index (χ0) is 21.0. The van der Waals surface area contributed by atoms with E-state index in [2.05, 4.69) is 51.6 Å². The Bertz CT molecular complexity index is 752. The summed E-state index contributed by atoms with van der Waals surface area (Å²) in [6.45, 7) is 14.3. The van der Waals surface area contributed by atoms with Crippen molar-refractivity contribution in [3.05, 3.63) is 73.3 Å². The Kier molecular flexibility index (Phi) is 6.68. The molecule has 4 heteroatoms. The predicted molar refractivity (Wildman–Crippen MR) is 119 cm³/mol. The highest BCUT2D eigenvalue weighted by atomic mass is 28.4. The Morgan fingerprint density at radius 2 is 1.43 bits per heavy atom. The first-order valence-electron chi connectivity index (χ1n) is 9.68. The van der Waals surface area contributed by atoms with Crippen LogP contribution in [0.25, 0.3) is 0 Å². The van der Waals surface area contributed by atoms with Gasteiger partial charge in [0.1, 0.15) is 0 Å². The lowest BCUT2D eigenvalue weighted by molar-refractivity contribution is -0.149. The van der Waals surface area contributed by atoms with Gasteiger partial charge in [-0.2, -0.15) is 0 Å². The second-order valence-corrected chi connectivity index (χ2v) is 13.1. The summed E-state index contributed by atoms with van der Waals surface area (Å²) in [6, 6.07) is 20.7. The number of hydrogen-bond donors (Lipinski definition) is 1. The molecule has 3 nitrogen and oxygen atoms in total. The molecule has 0 fully saturated rings. The molecule has 0 heterocycles. The Labute approximate surface area is 170 Å². The monoisotopic (exact) mass is 396 g/mol. The molecule has 1 atom stereocenters. The molecule has 2 rings (SSSR count). The van der Waals surface area contributed by atoms with Crippen molar-refractivity contribution in [1.29, 1.82) is 0 Å². The van der Waals surface area contributed by atoms with Gasteiger partial charge in [0, 0.05) is 12.5 Å². The number of carbonyl (C=O) groups is 1. The smallest absolute Gasteiger partial charge is 0.309 e. The van der Waals surface area contributed by atoms with Crippen molar-refractivity contribution < 1.29 is 14.3 Å². The molecule has 2 aromatic carbocycles. The second-order valence-electron chi connectivity index (χ2n) is 8.84. The summed E-state index contributed by atoms with van der Waals surface area (Å²) in [5, 5.41) is 11.9. The van der Waals surface area contributed by atoms with E-state index in [1.807, 2.05) is 36.4 Å². The Balaban J connectivity index is 2.59. The highest BCUT2D eigenvalue weighted by Gasteiger charge is 2.51. The minimum absolute atomic E-state index is 0.144. The van der Waals surface area contributed by atoms with Gasteiger partial charge in [0.05, 0.1) is 5.41 Å². The maximum absolute atomic E-state index is 11.8. The minimum Gasteiger partial charge on any atom is -0.481 e. The van der Waals surface area contributed by atoms with Crippen LogP contribution in [0.15, 0.2) is 73.3 Å². The molecule has 0 saturated carbocycles. The number of hydrogen-bond acceptors (Lipinski definition) is 2. The molecular formula is C24H32O3Si. The summed E-state index contributed by atoms with van der Waals surface area (Å²) >= 11 is 0. The summed E-state index contributed by atoms with van der Waals surface area (Å²) in [6.07, 6.45) is 1.71. The lowest BCUT2D eigenvalue weighted by Crippen LogP contribution is -2.67. The van der Waals surface area contributed by atoms with Crippen molar-refractivity contribution in [2.24, 2.45) is 11.3 Å². The highest BCUT2D eigenvalue weighted by Crippen LogP contribution is 2.38. The lowest BCUT2D eigenvalue weighted by atomic mass is 9.79. The molecule has 1 N–H and O–H groups in total. The quantitative estimate of drug-likeness (QED) is 0.529. The topological polar surface area (TPSA) is 46.5 Å². The number of carboxylic acids is 1. The maximum Gasteiger partial charge on any atom is 0.309 e. The minimum atomic E-state index is -2.68. The average Bonchev–Trinajstić information content (AvgIpc) is 2.65. The molecule has 1 unspecified atom stereocenters. The van der Waals surface area contributed by atoms with Crippen molar-refractivity contribution in [2.75, 3.05) is 6.61 Å². The first kappa shape index (κ1) is 22.1. The largest absolute Gasteiger partial charge is 0.481 e. The van der Waals surface area contributed by atoms with E-state index in [0.717, 1.165) is 0 Å². The van der Waals surface area contributed by atoms with Crippen LogP contribution in [0.2, 0.25) is 5.04 Å². The van der Waals surface area contributed by atoms with Crippen LogP contribution in [0, 0.1) is 11.3 Å². The SMILES string of the molecule is C=CC(CO[Si](c1ccccc1)(c1ccccc1)C(C)(C)C)C(C)(C)C(=O)O. The molecule has 150 valence electrons. The Morgan fingerprint density at radius 1 is 1.00 bits per heavy atom. The van der Waals surface area contributed by atoms with Crippen LogP contribution in [0.3, 0.4) is 0 Å². The Morgan fingerprint density at radius 3 is 1.75 bits per heavy atom. The van der Waals surface area contributed by atoms with Crippen LogP contribution in [-0.4, -0.2) is 26.0 Å². The molecular weight excluding hydrogens is 364 g/mol. The van der Waals surface area contributed by atoms with E-state index in [9.17, 15) is 9.90 Å². The zero-order valence-electron chi connectivity index (χ0n) is 17.6. The van der Waals surface area contributed by atoms with Gasteiger partial charge in [0.2, 0.25) is 0 Å². The zero-order valence-corrected chi connectivity index (χ0v) is 18.6.